The van der Waals surface area contributed by atoms with E-state index >= 15 is 0 Å². The predicted molar refractivity (Wildman–Crippen MR) is 76.8 cm³/mol. The van der Waals surface area contributed by atoms with Crippen LogP contribution in [-0.2, 0) is 14.3 Å². The smallest absolute Gasteiger partial charge is 0.437 e. The molecule has 0 radical (unpaired) electrons. The molecule has 0 heterocycles. The molecule has 1 atom stereocenters. The fourth-order valence-electron chi connectivity index (χ4n) is 1.86. The average molecular weight is 290 g/mol. The maximum Gasteiger partial charge on any atom is 0.515 e. The number of rotatable bonds is 7. The van der Waals surface area contributed by atoms with Gasteiger partial charge in [-0.3, -0.25) is 9.59 Å². The highest BCUT2D eigenvalue weighted by Crippen LogP contribution is 2.19. The molecule has 0 saturated heterocycles. The number of carbonyl (C=O) groups is 3. The van der Waals surface area contributed by atoms with Gasteiger partial charge in [-0.25, -0.2) is 4.79 Å². The van der Waals surface area contributed by atoms with Gasteiger partial charge in [0.15, 0.2) is 5.78 Å². The Bertz CT molecular complexity index is 507. The second-order valence-corrected chi connectivity index (χ2v) is 4.43. The third-order valence-corrected chi connectivity index (χ3v) is 2.93. The number of benzene rings is 1. The highest BCUT2D eigenvalue weighted by molar-refractivity contribution is 5.99. The highest BCUT2D eigenvalue weighted by atomic mass is 16.7. The summed E-state index contributed by atoms with van der Waals surface area (Å²) in [5, 5.41) is 0. The van der Waals surface area contributed by atoms with E-state index in [1.54, 1.807) is 36.4 Å². The summed E-state index contributed by atoms with van der Waals surface area (Å²) in [6.45, 7) is 3.60. The van der Waals surface area contributed by atoms with Crippen LogP contribution in [0, 0.1) is 5.92 Å². The van der Waals surface area contributed by atoms with Gasteiger partial charge in [-0.05, 0) is 12.8 Å². The number of methoxy groups -OCH3 is 1. The van der Waals surface area contributed by atoms with Crippen LogP contribution in [0.5, 0.6) is 0 Å². The van der Waals surface area contributed by atoms with E-state index in [0.717, 1.165) is 7.11 Å². The van der Waals surface area contributed by atoms with Crippen LogP contribution in [0.15, 0.2) is 43.0 Å². The number of allylic oxidation sites excluding steroid dienone is 1. The van der Waals surface area contributed by atoms with Gasteiger partial charge >= 0.3 is 12.1 Å². The van der Waals surface area contributed by atoms with Crippen molar-refractivity contribution in [2.45, 2.75) is 19.3 Å². The number of carbonyl (C=O) groups excluding carboxylic acids is 3. The molecule has 112 valence electrons. The standard InChI is InChI=1S/C16H18O5/c1-3-4-8-13(11-14(17)21-16(19)20-2)15(18)12-9-6-5-7-10-12/h3,5-7,9-10,13H,1,4,8,11H2,2H3. The van der Waals surface area contributed by atoms with Gasteiger partial charge in [0.25, 0.3) is 0 Å². The summed E-state index contributed by atoms with van der Waals surface area (Å²) in [7, 11) is 1.11. The highest BCUT2D eigenvalue weighted by Gasteiger charge is 2.24. The second-order valence-electron chi connectivity index (χ2n) is 4.43. The molecule has 1 aromatic carbocycles. The van der Waals surface area contributed by atoms with Crippen LogP contribution >= 0.6 is 0 Å². The zero-order chi connectivity index (χ0) is 15.7. The molecule has 0 aliphatic carbocycles. The third kappa shape index (κ3) is 5.60. The van der Waals surface area contributed by atoms with Crippen molar-refractivity contribution in [3.63, 3.8) is 0 Å². The Hall–Kier alpha value is -2.43. The van der Waals surface area contributed by atoms with E-state index < -0.39 is 18.0 Å². The lowest BCUT2D eigenvalue weighted by molar-refractivity contribution is -0.140. The molecule has 0 aliphatic heterocycles. The molecule has 21 heavy (non-hydrogen) atoms. The van der Waals surface area contributed by atoms with Crippen molar-refractivity contribution in [2.75, 3.05) is 7.11 Å². The van der Waals surface area contributed by atoms with Crippen LogP contribution in [0.3, 0.4) is 0 Å². The molecule has 0 bridgehead atoms. The summed E-state index contributed by atoms with van der Waals surface area (Å²) < 4.78 is 8.66. The predicted octanol–water partition coefficient (Wildman–Crippen LogP) is 3.15. The molecule has 0 aliphatic rings. The minimum Gasteiger partial charge on any atom is -0.437 e. The number of esters is 1. The Morgan fingerprint density at radius 1 is 1.24 bits per heavy atom. The number of ketones is 1. The number of ether oxygens (including phenoxy) is 2. The summed E-state index contributed by atoms with van der Waals surface area (Å²) in [5.74, 6) is -1.48. The maximum atomic E-state index is 12.4. The zero-order valence-electron chi connectivity index (χ0n) is 11.9. The van der Waals surface area contributed by atoms with Gasteiger partial charge in [0.1, 0.15) is 0 Å². The van der Waals surface area contributed by atoms with Gasteiger partial charge in [-0.1, -0.05) is 36.4 Å². The topological polar surface area (TPSA) is 69.7 Å². The van der Waals surface area contributed by atoms with E-state index in [1.807, 2.05) is 0 Å². The molecule has 0 saturated carbocycles. The number of hydrogen-bond donors (Lipinski definition) is 0. The van der Waals surface area contributed by atoms with Crippen molar-refractivity contribution in [1.29, 1.82) is 0 Å². The summed E-state index contributed by atoms with van der Waals surface area (Å²) in [6, 6.07) is 8.69. The normalized spacial score (nSPS) is 11.3. The van der Waals surface area contributed by atoms with Crippen molar-refractivity contribution in [1.82, 2.24) is 0 Å². The third-order valence-electron chi connectivity index (χ3n) is 2.93. The lowest BCUT2D eigenvalue weighted by atomic mass is 9.90. The molecular weight excluding hydrogens is 272 g/mol. The van der Waals surface area contributed by atoms with Crippen LogP contribution in [0.1, 0.15) is 29.6 Å². The van der Waals surface area contributed by atoms with Crippen LogP contribution in [0.25, 0.3) is 0 Å². The van der Waals surface area contributed by atoms with Gasteiger partial charge < -0.3 is 9.47 Å². The summed E-state index contributed by atoms with van der Waals surface area (Å²) in [6.07, 6.45) is 1.49. The Morgan fingerprint density at radius 3 is 2.48 bits per heavy atom. The van der Waals surface area contributed by atoms with Gasteiger partial charge in [0, 0.05) is 11.5 Å². The van der Waals surface area contributed by atoms with Crippen LogP contribution in [0.2, 0.25) is 0 Å². The summed E-state index contributed by atoms with van der Waals surface area (Å²) in [5.41, 5.74) is 0.525. The first kappa shape index (κ1) is 16.6. The number of hydrogen-bond acceptors (Lipinski definition) is 5. The molecule has 5 heteroatoms. The largest absolute Gasteiger partial charge is 0.515 e. The van der Waals surface area contributed by atoms with Crippen LogP contribution < -0.4 is 0 Å². The maximum absolute atomic E-state index is 12.4. The molecule has 0 amide bonds. The van der Waals surface area contributed by atoms with E-state index in [4.69, 9.17) is 0 Å². The van der Waals surface area contributed by atoms with E-state index in [0.29, 0.717) is 18.4 Å². The van der Waals surface area contributed by atoms with E-state index in [2.05, 4.69) is 16.1 Å². The molecule has 5 nitrogen and oxygen atoms in total. The van der Waals surface area contributed by atoms with Crippen molar-refractivity contribution in [2.24, 2.45) is 5.92 Å². The SMILES string of the molecule is C=CCCC(CC(=O)OC(=O)OC)C(=O)c1ccccc1. The minimum atomic E-state index is -1.07. The minimum absolute atomic E-state index is 0.153. The Morgan fingerprint density at radius 2 is 1.90 bits per heavy atom. The van der Waals surface area contributed by atoms with Crippen molar-refractivity contribution in [3.05, 3.63) is 48.6 Å². The monoisotopic (exact) mass is 290 g/mol. The molecular formula is C16H18O5. The van der Waals surface area contributed by atoms with Gasteiger partial charge in [-0.15, -0.1) is 6.58 Å². The lowest BCUT2D eigenvalue weighted by Crippen LogP contribution is -2.22. The fraction of sp³-hybridized carbons (Fsp3) is 0.312. The summed E-state index contributed by atoms with van der Waals surface area (Å²) in [4.78, 5) is 34.9. The van der Waals surface area contributed by atoms with Crippen LogP contribution in [-0.4, -0.2) is 25.0 Å². The Kier molecular flexibility index (Phi) is 6.87. The Balaban J connectivity index is 2.75. The fourth-order valence-corrected chi connectivity index (χ4v) is 1.86. The van der Waals surface area contributed by atoms with E-state index in [1.165, 1.54) is 0 Å². The quantitative estimate of drug-likeness (QED) is 0.334. The van der Waals surface area contributed by atoms with Gasteiger partial charge in [0.05, 0.1) is 13.5 Å². The lowest BCUT2D eigenvalue weighted by Gasteiger charge is -2.13. The number of Topliss-reactive ketones (excluding diaryl/α,β-unsaturated/α-hetero) is 1. The molecule has 0 N–H and O–H groups in total. The molecule has 1 rings (SSSR count). The van der Waals surface area contributed by atoms with Gasteiger partial charge in [-0.2, -0.15) is 0 Å². The van der Waals surface area contributed by atoms with Crippen molar-refractivity contribution >= 4 is 17.9 Å². The zero-order valence-corrected chi connectivity index (χ0v) is 11.9. The Labute approximate surface area is 123 Å². The molecule has 1 unspecified atom stereocenters. The summed E-state index contributed by atoms with van der Waals surface area (Å²) >= 11 is 0. The molecule has 0 spiro atoms. The average Bonchev–Trinajstić information content (AvgIpc) is 2.51. The van der Waals surface area contributed by atoms with Crippen molar-refractivity contribution < 1.29 is 23.9 Å². The first-order valence-corrected chi connectivity index (χ1v) is 6.57. The second kappa shape index (κ2) is 8.68. The first-order valence-electron chi connectivity index (χ1n) is 6.57. The molecule has 1 aromatic rings. The van der Waals surface area contributed by atoms with Gasteiger partial charge in [0.2, 0.25) is 0 Å². The van der Waals surface area contributed by atoms with Crippen LogP contribution in [0.4, 0.5) is 4.79 Å². The van der Waals surface area contributed by atoms with Crippen molar-refractivity contribution in [3.8, 4) is 0 Å². The first-order chi connectivity index (χ1) is 10.1. The molecule has 0 aromatic heterocycles. The van der Waals surface area contributed by atoms with E-state index in [9.17, 15) is 14.4 Å². The molecule has 0 fully saturated rings. The van der Waals surface area contributed by atoms with E-state index in [-0.39, 0.29) is 12.2 Å².